The summed E-state index contributed by atoms with van der Waals surface area (Å²) in [6.45, 7) is 4.35. The van der Waals surface area contributed by atoms with Gasteiger partial charge >= 0.3 is 0 Å². The molecule has 0 saturated carbocycles. The summed E-state index contributed by atoms with van der Waals surface area (Å²) in [6, 6.07) is 0. The minimum Gasteiger partial charge on any atom is -0.262 e. The van der Waals surface area contributed by atoms with Crippen LogP contribution >= 0.6 is 0 Å². The second-order valence-corrected chi connectivity index (χ2v) is 3.55. The predicted molar refractivity (Wildman–Crippen MR) is 60.2 cm³/mol. The van der Waals surface area contributed by atoms with E-state index in [1.807, 2.05) is 0 Å². The lowest BCUT2D eigenvalue weighted by Gasteiger charge is -2.14. The number of hydrazone groups is 2. The fourth-order valence-corrected chi connectivity index (χ4v) is 1.23. The highest BCUT2D eigenvalue weighted by Gasteiger charge is 2.05. The summed E-state index contributed by atoms with van der Waals surface area (Å²) >= 11 is 0. The van der Waals surface area contributed by atoms with Crippen molar-refractivity contribution in [1.29, 1.82) is 0 Å². The fraction of sp³-hybridized carbons (Fsp3) is 0.800. The zero-order valence-corrected chi connectivity index (χ0v) is 9.14. The van der Waals surface area contributed by atoms with Gasteiger partial charge in [-0.2, -0.15) is 10.2 Å². The smallest absolute Gasteiger partial charge is 0.142 e. The van der Waals surface area contributed by atoms with E-state index in [-0.39, 0.29) is 0 Å². The van der Waals surface area contributed by atoms with Crippen LogP contribution in [-0.2, 0) is 0 Å². The molecule has 0 spiro atoms. The quantitative estimate of drug-likeness (QED) is 0.684. The molecular formula is C10H20N4. The lowest BCUT2D eigenvalue weighted by molar-refractivity contribution is 0.749. The highest BCUT2D eigenvalue weighted by Crippen LogP contribution is 2.00. The van der Waals surface area contributed by atoms with Gasteiger partial charge in [0.2, 0.25) is 0 Å². The third-order valence-electron chi connectivity index (χ3n) is 2.17. The number of amidine groups is 2. The Morgan fingerprint density at radius 3 is 1.57 bits per heavy atom. The standard InChI is InChI=1S/C10H20N4/c1-3-5-7-9-11-13-10(14-12-9)8-6-4-2/h3-8H2,1-2H3,(H,11,12)(H,13,14). The number of nitrogens with one attached hydrogen (secondary N) is 2. The Bertz CT molecular complexity index is 196. The van der Waals surface area contributed by atoms with Crippen molar-refractivity contribution in [2.75, 3.05) is 0 Å². The van der Waals surface area contributed by atoms with E-state index in [2.05, 4.69) is 34.9 Å². The van der Waals surface area contributed by atoms with Crippen molar-refractivity contribution in [3.8, 4) is 0 Å². The number of nitrogens with zero attached hydrogens (tertiary/aromatic N) is 2. The molecule has 0 atom stereocenters. The van der Waals surface area contributed by atoms with Gasteiger partial charge in [0.05, 0.1) is 0 Å². The largest absolute Gasteiger partial charge is 0.262 e. The van der Waals surface area contributed by atoms with Crippen LogP contribution in [0.5, 0.6) is 0 Å². The molecule has 1 rings (SSSR count). The van der Waals surface area contributed by atoms with Crippen LogP contribution < -0.4 is 10.9 Å². The first-order valence-electron chi connectivity index (χ1n) is 5.52. The monoisotopic (exact) mass is 196 g/mol. The molecule has 0 radical (unpaired) electrons. The topological polar surface area (TPSA) is 48.8 Å². The van der Waals surface area contributed by atoms with Gasteiger partial charge in [0.15, 0.2) is 0 Å². The van der Waals surface area contributed by atoms with E-state index in [0.29, 0.717) is 0 Å². The van der Waals surface area contributed by atoms with E-state index >= 15 is 0 Å². The molecule has 14 heavy (non-hydrogen) atoms. The Morgan fingerprint density at radius 1 is 0.857 bits per heavy atom. The van der Waals surface area contributed by atoms with Gasteiger partial charge < -0.3 is 0 Å². The molecule has 1 aliphatic rings. The molecule has 0 fully saturated rings. The molecular weight excluding hydrogens is 176 g/mol. The first-order chi connectivity index (χ1) is 6.86. The second kappa shape index (κ2) is 6.40. The lowest BCUT2D eigenvalue weighted by atomic mass is 10.2. The maximum atomic E-state index is 4.23. The van der Waals surface area contributed by atoms with Crippen molar-refractivity contribution in [2.45, 2.75) is 52.4 Å². The SMILES string of the molecule is CCCCC1=NNC(CCCC)=NN1. The van der Waals surface area contributed by atoms with Crippen molar-refractivity contribution < 1.29 is 0 Å². The Labute approximate surface area is 85.8 Å². The maximum absolute atomic E-state index is 4.23. The third-order valence-corrected chi connectivity index (χ3v) is 2.17. The number of unbranched alkanes of at least 4 members (excludes halogenated alkanes) is 2. The Morgan fingerprint density at radius 2 is 1.29 bits per heavy atom. The van der Waals surface area contributed by atoms with Gasteiger partial charge in [-0.1, -0.05) is 26.7 Å². The van der Waals surface area contributed by atoms with E-state index in [1.54, 1.807) is 0 Å². The minimum absolute atomic E-state index is 0.951. The van der Waals surface area contributed by atoms with Gasteiger partial charge in [-0.15, -0.1) is 0 Å². The summed E-state index contributed by atoms with van der Waals surface area (Å²) in [5.41, 5.74) is 5.98. The lowest BCUT2D eigenvalue weighted by Crippen LogP contribution is -2.33. The number of hydrogen-bond acceptors (Lipinski definition) is 4. The third kappa shape index (κ3) is 3.77. The van der Waals surface area contributed by atoms with Gasteiger partial charge in [-0.05, 0) is 12.8 Å². The average Bonchev–Trinajstić information content (AvgIpc) is 2.25. The molecule has 0 aromatic heterocycles. The molecule has 0 unspecified atom stereocenters. The predicted octanol–water partition coefficient (Wildman–Crippen LogP) is 2.19. The summed E-state index contributed by atoms with van der Waals surface area (Å²) in [4.78, 5) is 0. The van der Waals surface area contributed by atoms with Gasteiger partial charge in [-0.3, -0.25) is 10.9 Å². The summed E-state index contributed by atoms with van der Waals surface area (Å²) in [5, 5.41) is 8.45. The highest BCUT2D eigenvalue weighted by atomic mass is 15.5. The van der Waals surface area contributed by atoms with E-state index in [1.165, 1.54) is 12.8 Å². The zero-order chi connectivity index (χ0) is 10.2. The van der Waals surface area contributed by atoms with Crippen molar-refractivity contribution in [1.82, 2.24) is 10.9 Å². The van der Waals surface area contributed by atoms with E-state index in [4.69, 9.17) is 0 Å². The summed E-state index contributed by atoms with van der Waals surface area (Å²) in [7, 11) is 0. The summed E-state index contributed by atoms with van der Waals surface area (Å²) < 4.78 is 0. The van der Waals surface area contributed by atoms with Gasteiger partial charge in [0.25, 0.3) is 0 Å². The molecule has 0 aliphatic carbocycles. The Balaban J connectivity index is 2.22. The van der Waals surface area contributed by atoms with Crippen molar-refractivity contribution in [2.24, 2.45) is 10.2 Å². The summed E-state index contributed by atoms with van der Waals surface area (Å²) in [5.74, 6) is 1.90. The number of rotatable bonds is 6. The zero-order valence-electron chi connectivity index (χ0n) is 9.14. The van der Waals surface area contributed by atoms with Crippen LogP contribution in [0, 0.1) is 0 Å². The van der Waals surface area contributed by atoms with Gasteiger partial charge in [-0.25, -0.2) is 0 Å². The first-order valence-corrected chi connectivity index (χ1v) is 5.52. The van der Waals surface area contributed by atoms with Crippen LogP contribution in [0.2, 0.25) is 0 Å². The van der Waals surface area contributed by atoms with E-state index < -0.39 is 0 Å². The molecule has 0 amide bonds. The van der Waals surface area contributed by atoms with Crippen LogP contribution in [0.3, 0.4) is 0 Å². The second-order valence-electron chi connectivity index (χ2n) is 3.55. The molecule has 0 aromatic rings. The summed E-state index contributed by atoms with van der Waals surface area (Å²) in [6.07, 6.45) is 6.66. The molecule has 80 valence electrons. The van der Waals surface area contributed by atoms with Crippen molar-refractivity contribution in [3.05, 3.63) is 0 Å². The molecule has 4 nitrogen and oxygen atoms in total. The van der Waals surface area contributed by atoms with Crippen LogP contribution in [0.15, 0.2) is 10.2 Å². The molecule has 1 heterocycles. The maximum Gasteiger partial charge on any atom is 0.142 e. The van der Waals surface area contributed by atoms with Crippen LogP contribution in [0.1, 0.15) is 52.4 Å². The van der Waals surface area contributed by atoms with Gasteiger partial charge in [0, 0.05) is 12.8 Å². The van der Waals surface area contributed by atoms with Crippen LogP contribution in [-0.4, -0.2) is 11.7 Å². The van der Waals surface area contributed by atoms with E-state index in [9.17, 15) is 0 Å². The molecule has 4 heteroatoms. The van der Waals surface area contributed by atoms with Crippen molar-refractivity contribution >= 4 is 11.7 Å². The van der Waals surface area contributed by atoms with Crippen LogP contribution in [0.4, 0.5) is 0 Å². The van der Waals surface area contributed by atoms with Crippen LogP contribution in [0.25, 0.3) is 0 Å². The number of hydrogen-bond donors (Lipinski definition) is 2. The Kier molecular flexibility index (Phi) is 5.04. The Hall–Kier alpha value is -1.06. The molecule has 0 bridgehead atoms. The first kappa shape index (κ1) is 11.0. The van der Waals surface area contributed by atoms with Gasteiger partial charge in [0.1, 0.15) is 11.7 Å². The molecule has 0 saturated heterocycles. The minimum atomic E-state index is 0.951. The average molecular weight is 196 g/mol. The molecule has 2 N–H and O–H groups in total. The highest BCUT2D eigenvalue weighted by molar-refractivity contribution is 5.90. The van der Waals surface area contributed by atoms with Crippen molar-refractivity contribution in [3.63, 3.8) is 0 Å². The normalized spacial score (nSPS) is 15.3. The molecule has 1 aliphatic heterocycles. The molecule has 0 aromatic carbocycles. The van der Waals surface area contributed by atoms with E-state index in [0.717, 1.165) is 37.4 Å². The fourth-order valence-electron chi connectivity index (χ4n) is 1.23.